The fraction of sp³-hybridized carbons (Fsp3) is 0.700. The molecule has 0 fully saturated rings. The molecule has 0 amide bonds. The maximum absolute atomic E-state index is 4.33. The second-order valence-electron chi connectivity index (χ2n) is 6.84. The summed E-state index contributed by atoms with van der Waals surface area (Å²) in [6, 6.07) is 8.68. The normalized spacial score (nSPS) is 12.8. The second kappa shape index (κ2) is 10.4. The summed E-state index contributed by atoms with van der Waals surface area (Å²) >= 11 is 0. The Morgan fingerprint density at radius 2 is 1.48 bits per heavy atom. The highest BCUT2D eigenvalue weighted by molar-refractivity contribution is 5.73. The molecule has 0 saturated carbocycles. The summed E-state index contributed by atoms with van der Waals surface area (Å²) in [5, 5.41) is 8.58. The van der Waals surface area contributed by atoms with Crippen LogP contribution in [0.3, 0.4) is 0 Å². The lowest BCUT2D eigenvalue weighted by Gasteiger charge is -2.12. The third kappa shape index (κ3) is 5.96. The van der Waals surface area contributed by atoms with Crippen LogP contribution in [0.25, 0.3) is 11.0 Å². The quantitative estimate of drug-likeness (QED) is 0.430. The van der Waals surface area contributed by atoms with Crippen LogP contribution < -0.4 is 0 Å². The van der Waals surface area contributed by atoms with Crippen molar-refractivity contribution in [1.29, 1.82) is 0 Å². The van der Waals surface area contributed by atoms with E-state index in [9.17, 15) is 0 Å². The fourth-order valence-corrected chi connectivity index (χ4v) is 3.26. The van der Waals surface area contributed by atoms with Gasteiger partial charge in [-0.25, -0.2) is 4.68 Å². The molecule has 0 aliphatic carbocycles. The van der Waals surface area contributed by atoms with E-state index in [1.807, 2.05) is 12.1 Å². The van der Waals surface area contributed by atoms with E-state index in [1.54, 1.807) is 0 Å². The van der Waals surface area contributed by atoms with Crippen LogP contribution in [-0.4, -0.2) is 15.0 Å². The molecule has 0 N–H and O–H groups in total. The van der Waals surface area contributed by atoms with Crippen LogP contribution in [0.5, 0.6) is 0 Å². The van der Waals surface area contributed by atoms with Gasteiger partial charge in [0.15, 0.2) is 0 Å². The molecule has 3 heteroatoms. The zero-order valence-electron chi connectivity index (χ0n) is 15.0. The number of benzene rings is 1. The van der Waals surface area contributed by atoms with Crippen LogP contribution in [0.4, 0.5) is 0 Å². The van der Waals surface area contributed by atoms with E-state index in [4.69, 9.17) is 0 Å². The first-order valence-electron chi connectivity index (χ1n) is 9.63. The Morgan fingerprint density at radius 1 is 0.870 bits per heavy atom. The molecular weight excluding hydrogens is 282 g/mol. The van der Waals surface area contributed by atoms with E-state index >= 15 is 0 Å². The molecule has 2 rings (SSSR count). The predicted molar refractivity (Wildman–Crippen MR) is 98.7 cm³/mol. The maximum Gasteiger partial charge on any atom is 0.113 e. The van der Waals surface area contributed by atoms with Gasteiger partial charge in [-0.3, -0.25) is 0 Å². The van der Waals surface area contributed by atoms with Gasteiger partial charge in [0, 0.05) is 0 Å². The third-order valence-corrected chi connectivity index (χ3v) is 4.77. The van der Waals surface area contributed by atoms with Crippen molar-refractivity contribution in [2.24, 2.45) is 0 Å². The Bertz CT molecular complexity index is 547. The largest absolute Gasteiger partial charge is 0.242 e. The van der Waals surface area contributed by atoms with Crippen LogP contribution in [0.15, 0.2) is 24.3 Å². The Kier molecular flexibility index (Phi) is 8.13. The second-order valence-corrected chi connectivity index (χ2v) is 6.84. The van der Waals surface area contributed by atoms with E-state index in [1.165, 1.54) is 70.6 Å². The molecule has 0 aliphatic rings. The van der Waals surface area contributed by atoms with Crippen molar-refractivity contribution < 1.29 is 0 Å². The lowest BCUT2D eigenvalue weighted by atomic mass is 10.0. The van der Waals surface area contributed by atoms with Gasteiger partial charge in [0.05, 0.1) is 11.6 Å². The van der Waals surface area contributed by atoms with Gasteiger partial charge in [-0.15, -0.1) is 5.10 Å². The van der Waals surface area contributed by atoms with Gasteiger partial charge >= 0.3 is 0 Å². The third-order valence-electron chi connectivity index (χ3n) is 4.77. The van der Waals surface area contributed by atoms with Crippen LogP contribution in [0.2, 0.25) is 0 Å². The van der Waals surface area contributed by atoms with Crippen LogP contribution in [0, 0.1) is 0 Å². The highest BCUT2D eigenvalue weighted by Gasteiger charge is 2.10. The summed E-state index contributed by atoms with van der Waals surface area (Å²) in [6.07, 6.45) is 15.1. The summed E-state index contributed by atoms with van der Waals surface area (Å²) in [6.45, 7) is 4.54. The lowest BCUT2D eigenvalue weighted by molar-refractivity contribution is 0.433. The molecule has 1 aromatic heterocycles. The smallest absolute Gasteiger partial charge is 0.113 e. The van der Waals surface area contributed by atoms with E-state index < -0.39 is 0 Å². The standard InChI is InChI=1S/C20H33N3/c1-3-4-5-6-7-8-9-10-11-12-15-18(2)23-20-17-14-13-16-19(20)21-22-23/h13-14,16-18H,3-12,15H2,1-2H3. The SMILES string of the molecule is CCCCCCCCCCCCC(C)n1nnc2ccccc21. The highest BCUT2D eigenvalue weighted by Crippen LogP contribution is 2.20. The summed E-state index contributed by atoms with van der Waals surface area (Å²) in [4.78, 5) is 0. The number of nitrogens with zero attached hydrogens (tertiary/aromatic N) is 3. The molecule has 1 unspecified atom stereocenters. The van der Waals surface area contributed by atoms with Crippen molar-refractivity contribution >= 4 is 11.0 Å². The van der Waals surface area contributed by atoms with Crippen molar-refractivity contribution in [2.75, 3.05) is 0 Å². The average Bonchev–Trinajstić information content (AvgIpc) is 3.00. The molecule has 1 heterocycles. The topological polar surface area (TPSA) is 30.7 Å². The van der Waals surface area contributed by atoms with Crippen LogP contribution >= 0.6 is 0 Å². The molecule has 0 bridgehead atoms. The first-order valence-corrected chi connectivity index (χ1v) is 9.63. The van der Waals surface area contributed by atoms with Crippen molar-refractivity contribution in [2.45, 2.75) is 90.5 Å². The zero-order valence-corrected chi connectivity index (χ0v) is 15.0. The number of hydrogen-bond donors (Lipinski definition) is 0. The van der Waals surface area contributed by atoms with E-state index in [-0.39, 0.29) is 0 Å². The van der Waals surface area contributed by atoms with Crippen molar-refractivity contribution in [3.05, 3.63) is 24.3 Å². The molecule has 128 valence electrons. The summed E-state index contributed by atoms with van der Waals surface area (Å²) < 4.78 is 2.09. The fourth-order valence-electron chi connectivity index (χ4n) is 3.26. The zero-order chi connectivity index (χ0) is 16.3. The summed E-state index contributed by atoms with van der Waals surface area (Å²) in [5.41, 5.74) is 2.16. The van der Waals surface area contributed by atoms with Crippen molar-refractivity contribution in [3.8, 4) is 0 Å². The molecule has 2 aromatic rings. The molecule has 1 aromatic carbocycles. The Balaban J connectivity index is 1.56. The first-order chi connectivity index (χ1) is 11.3. The van der Waals surface area contributed by atoms with Gasteiger partial charge < -0.3 is 0 Å². The molecule has 3 nitrogen and oxygen atoms in total. The van der Waals surface area contributed by atoms with Gasteiger partial charge in [-0.1, -0.05) is 88.5 Å². The monoisotopic (exact) mass is 315 g/mol. The Labute approximate surface area is 141 Å². The van der Waals surface area contributed by atoms with Gasteiger partial charge in [-0.05, 0) is 25.5 Å². The van der Waals surface area contributed by atoms with Gasteiger partial charge in [0.2, 0.25) is 0 Å². The maximum atomic E-state index is 4.33. The molecule has 0 radical (unpaired) electrons. The molecule has 0 aliphatic heterocycles. The van der Waals surface area contributed by atoms with Gasteiger partial charge in [0.1, 0.15) is 5.52 Å². The average molecular weight is 316 g/mol. The van der Waals surface area contributed by atoms with E-state index in [0.29, 0.717) is 6.04 Å². The number of para-hydroxylation sites is 1. The highest BCUT2D eigenvalue weighted by atomic mass is 15.4. The Morgan fingerprint density at radius 3 is 2.17 bits per heavy atom. The molecule has 0 saturated heterocycles. The Hall–Kier alpha value is -1.38. The molecule has 0 spiro atoms. The van der Waals surface area contributed by atoms with Crippen LogP contribution in [-0.2, 0) is 0 Å². The lowest BCUT2D eigenvalue weighted by Crippen LogP contribution is -2.07. The molecule has 23 heavy (non-hydrogen) atoms. The first kappa shape index (κ1) is 18.0. The number of rotatable bonds is 12. The predicted octanol–water partition coefficient (Wildman–Crippen LogP) is 6.30. The van der Waals surface area contributed by atoms with Gasteiger partial charge in [0.25, 0.3) is 0 Å². The molecular formula is C20H33N3. The van der Waals surface area contributed by atoms with Crippen LogP contribution in [0.1, 0.15) is 90.5 Å². The minimum atomic E-state index is 0.441. The number of unbranched alkanes of at least 4 members (excludes halogenated alkanes) is 9. The minimum Gasteiger partial charge on any atom is -0.242 e. The molecule has 1 atom stereocenters. The summed E-state index contributed by atoms with van der Waals surface area (Å²) in [7, 11) is 0. The number of fused-ring (bicyclic) bond motifs is 1. The summed E-state index contributed by atoms with van der Waals surface area (Å²) in [5.74, 6) is 0. The van der Waals surface area contributed by atoms with Crippen molar-refractivity contribution in [1.82, 2.24) is 15.0 Å². The number of aromatic nitrogens is 3. The van der Waals surface area contributed by atoms with E-state index in [0.717, 1.165) is 11.0 Å². The van der Waals surface area contributed by atoms with E-state index in [2.05, 4.69) is 41.0 Å². The number of hydrogen-bond acceptors (Lipinski definition) is 2. The van der Waals surface area contributed by atoms with Gasteiger partial charge in [-0.2, -0.15) is 0 Å². The van der Waals surface area contributed by atoms with Crippen molar-refractivity contribution in [3.63, 3.8) is 0 Å². The minimum absolute atomic E-state index is 0.441.